The highest BCUT2D eigenvalue weighted by molar-refractivity contribution is 6.15. The number of nitrogens with one attached hydrogen (secondary N) is 1. The van der Waals surface area contributed by atoms with Gasteiger partial charge in [-0.1, -0.05) is 36.4 Å². The van der Waals surface area contributed by atoms with Crippen molar-refractivity contribution in [2.45, 2.75) is 6.04 Å². The number of hydrogen-bond donors (Lipinski definition) is 3. The molecule has 0 saturated carbocycles. The van der Waals surface area contributed by atoms with Crippen molar-refractivity contribution in [3.63, 3.8) is 0 Å². The van der Waals surface area contributed by atoms with Gasteiger partial charge in [-0.05, 0) is 0 Å². The number of hydrogen-bond acceptors (Lipinski definition) is 3. The molecule has 5 nitrogen and oxygen atoms in total. The normalized spacial score (nSPS) is 17.4. The number of halogens is 1. The van der Waals surface area contributed by atoms with Crippen LogP contribution in [0.25, 0.3) is 0 Å². The molecule has 0 bridgehead atoms. The Balaban J connectivity index is 0.000000341. The molecule has 1 atom stereocenters. The third-order valence-electron chi connectivity index (χ3n) is 2.41. The van der Waals surface area contributed by atoms with Gasteiger partial charge in [0.15, 0.2) is 0 Å². The Hall–Kier alpha value is -1.30. The molecule has 1 aliphatic rings. The molecule has 0 radical (unpaired) electrons. The number of piperazine rings is 1. The van der Waals surface area contributed by atoms with Gasteiger partial charge in [0.25, 0.3) is 0 Å². The smallest absolute Gasteiger partial charge is 0.407 e. The summed E-state index contributed by atoms with van der Waals surface area (Å²) in [6, 6.07) is 11.9. The molecule has 108 valence electrons. The molecular weight excluding hydrogens is 268 g/mol. The summed E-state index contributed by atoms with van der Waals surface area (Å²) in [6.45, 7) is 1.50. The second-order valence-corrected chi connectivity index (χ2v) is 3.72. The number of amides is 1. The van der Waals surface area contributed by atoms with E-state index in [2.05, 4.69) is 16.9 Å². The molecule has 1 aromatic carbocycles. The van der Waals surface area contributed by atoms with E-state index in [0.717, 1.165) is 0 Å². The van der Waals surface area contributed by atoms with Crippen LogP contribution in [0.2, 0.25) is 0 Å². The van der Waals surface area contributed by atoms with Gasteiger partial charge in [-0.25, -0.2) is 4.79 Å². The van der Waals surface area contributed by atoms with Crippen molar-refractivity contribution in [3.05, 3.63) is 36.4 Å². The van der Waals surface area contributed by atoms with Crippen LogP contribution in [0.3, 0.4) is 0 Å². The van der Waals surface area contributed by atoms with E-state index < -0.39 is 6.09 Å². The van der Waals surface area contributed by atoms with Gasteiger partial charge in [0, 0.05) is 32.1 Å². The molecule has 3 N–H and O–H groups in total. The molecule has 1 fully saturated rings. The van der Waals surface area contributed by atoms with Crippen LogP contribution in [0.15, 0.2) is 36.4 Å². The highest BCUT2D eigenvalue weighted by Gasteiger charge is 2.21. The van der Waals surface area contributed by atoms with Crippen LogP contribution in [-0.2, 0) is 0 Å². The minimum Gasteiger partial charge on any atom is -0.465 e. The molecule has 1 saturated heterocycles. The molecule has 0 aromatic heterocycles. The number of alkyl halides is 1. The molecule has 6 heteroatoms. The molecule has 0 aliphatic carbocycles. The number of benzene rings is 1. The third-order valence-corrected chi connectivity index (χ3v) is 2.41. The third kappa shape index (κ3) is 8.42. The van der Waals surface area contributed by atoms with Crippen molar-refractivity contribution in [3.8, 4) is 0 Å². The number of nitrogens with zero attached hydrogens (tertiary/aromatic N) is 1. The van der Waals surface area contributed by atoms with Gasteiger partial charge in [0.1, 0.15) is 0 Å². The van der Waals surface area contributed by atoms with Gasteiger partial charge in [-0.2, -0.15) is 0 Å². The maximum absolute atomic E-state index is 10.4. The Morgan fingerprint density at radius 1 is 1.26 bits per heavy atom. The second-order valence-electron chi connectivity index (χ2n) is 3.72. The van der Waals surface area contributed by atoms with Crippen molar-refractivity contribution < 1.29 is 15.0 Å². The zero-order valence-corrected chi connectivity index (χ0v) is 11.8. The molecule has 1 aromatic rings. The lowest BCUT2D eigenvalue weighted by atomic mass is 10.2. The van der Waals surface area contributed by atoms with Crippen LogP contribution in [0, 0.1) is 0 Å². The van der Waals surface area contributed by atoms with Gasteiger partial charge >= 0.3 is 6.09 Å². The lowest BCUT2D eigenvalue weighted by Gasteiger charge is -2.30. The molecule has 1 heterocycles. The zero-order valence-electron chi connectivity index (χ0n) is 11.0. The predicted molar refractivity (Wildman–Crippen MR) is 76.7 cm³/mol. The average molecular weight is 289 g/mol. The van der Waals surface area contributed by atoms with Crippen molar-refractivity contribution in [1.29, 1.82) is 0 Å². The van der Waals surface area contributed by atoms with Crippen molar-refractivity contribution in [2.24, 2.45) is 0 Å². The summed E-state index contributed by atoms with van der Waals surface area (Å²) in [5.74, 6) is 0. The molecule has 19 heavy (non-hydrogen) atoms. The molecule has 2 rings (SSSR count). The quantitative estimate of drug-likeness (QED) is 0.684. The lowest BCUT2D eigenvalue weighted by Crippen LogP contribution is -2.53. The van der Waals surface area contributed by atoms with E-state index in [1.54, 1.807) is 0 Å². The first kappa shape index (κ1) is 17.7. The van der Waals surface area contributed by atoms with E-state index in [1.165, 1.54) is 11.3 Å². The fourth-order valence-corrected chi connectivity index (χ4v) is 1.51. The fraction of sp³-hybridized carbons (Fsp3) is 0.462. The highest BCUT2D eigenvalue weighted by Crippen LogP contribution is 1.98. The summed E-state index contributed by atoms with van der Waals surface area (Å²) in [7, 11) is 0. The number of aliphatic hydroxyl groups is 1. The van der Waals surface area contributed by atoms with Crippen molar-refractivity contribution in [2.75, 3.05) is 32.6 Å². The van der Waals surface area contributed by atoms with Crippen LogP contribution >= 0.6 is 11.6 Å². The summed E-state index contributed by atoms with van der Waals surface area (Å²) in [6.07, 6.45) is 0.560. The largest absolute Gasteiger partial charge is 0.465 e. The van der Waals surface area contributed by atoms with E-state index in [-0.39, 0.29) is 12.6 Å². The molecule has 1 aliphatic heterocycles. The Bertz CT molecular complexity index is 298. The van der Waals surface area contributed by atoms with Crippen LogP contribution in [0.1, 0.15) is 0 Å². The molecule has 1 amide bonds. The summed E-state index contributed by atoms with van der Waals surface area (Å²) >= 11 is 4.64. The van der Waals surface area contributed by atoms with Gasteiger partial charge < -0.3 is 20.4 Å². The first-order valence-electron chi connectivity index (χ1n) is 5.94. The second kappa shape index (κ2) is 11.8. The maximum Gasteiger partial charge on any atom is 0.407 e. The Morgan fingerprint density at radius 3 is 2.11 bits per heavy atom. The van der Waals surface area contributed by atoms with Crippen molar-refractivity contribution >= 4 is 17.7 Å². The number of carbonyl (C=O) groups is 1. The number of rotatable bonds is 1. The predicted octanol–water partition coefficient (Wildman–Crippen LogP) is 1.47. The van der Waals surface area contributed by atoms with Crippen LogP contribution in [0.4, 0.5) is 4.79 Å². The summed E-state index contributed by atoms with van der Waals surface area (Å²) in [5.41, 5.74) is 0. The van der Waals surface area contributed by atoms with Gasteiger partial charge in [0.05, 0.1) is 6.61 Å². The van der Waals surface area contributed by atoms with Crippen molar-refractivity contribution in [1.82, 2.24) is 10.2 Å². The molecule has 0 spiro atoms. The Labute approximate surface area is 118 Å². The zero-order chi connectivity index (χ0) is 14.5. The molecular formula is C13H21ClN2O3. The van der Waals surface area contributed by atoms with E-state index in [4.69, 9.17) is 10.2 Å². The van der Waals surface area contributed by atoms with Gasteiger partial charge in [0.2, 0.25) is 0 Å². The highest BCUT2D eigenvalue weighted by atomic mass is 35.5. The molecule has 0 unspecified atom stereocenters. The Kier molecular flexibility index (Phi) is 11.0. The average Bonchev–Trinajstić information content (AvgIpc) is 2.51. The van der Waals surface area contributed by atoms with E-state index in [1.807, 2.05) is 36.4 Å². The summed E-state index contributed by atoms with van der Waals surface area (Å²) in [5, 5.41) is 20.3. The van der Waals surface area contributed by atoms with Crippen LogP contribution in [0.5, 0.6) is 0 Å². The topological polar surface area (TPSA) is 72.8 Å². The monoisotopic (exact) mass is 288 g/mol. The van der Waals surface area contributed by atoms with Crippen LogP contribution in [-0.4, -0.2) is 59.9 Å². The van der Waals surface area contributed by atoms with Crippen LogP contribution < -0.4 is 5.32 Å². The number of carboxylic acid groups (broad SMARTS) is 1. The Morgan fingerprint density at radius 2 is 1.74 bits per heavy atom. The standard InChI is InChI=1S/C6H12N2O3.C6H6.CH3Cl/c9-4-5-3-8(6(10)11)2-1-7-5;1-2-4-6-5-3-1;1-2/h5,7,9H,1-4H2,(H,10,11);1-6H;1H3/t5-;;/m1../s1. The lowest BCUT2D eigenvalue weighted by molar-refractivity contribution is 0.115. The SMILES string of the molecule is CCl.O=C(O)N1CCN[C@@H](CO)C1.c1ccccc1. The van der Waals surface area contributed by atoms with E-state index in [0.29, 0.717) is 19.6 Å². The van der Waals surface area contributed by atoms with E-state index >= 15 is 0 Å². The summed E-state index contributed by atoms with van der Waals surface area (Å²) < 4.78 is 0. The first-order valence-corrected chi connectivity index (χ1v) is 6.69. The first-order chi connectivity index (χ1) is 9.24. The minimum absolute atomic E-state index is 0.0101. The van der Waals surface area contributed by atoms with E-state index in [9.17, 15) is 4.79 Å². The fourth-order valence-electron chi connectivity index (χ4n) is 1.51. The maximum atomic E-state index is 10.4. The number of aliphatic hydroxyl groups excluding tert-OH is 1. The van der Waals surface area contributed by atoms with Gasteiger partial charge in [-0.15, -0.1) is 11.6 Å². The van der Waals surface area contributed by atoms with Gasteiger partial charge in [-0.3, -0.25) is 0 Å². The summed E-state index contributed by atoms with van der Waals surface area (Å²) in [4.78, 5) is 11.7. The minimum atomic E-state index is -0.912.